The molecule has 0 saturated carbocycles. The summed E-state index contributed by atoms with van der Waals surface area (Å²) in [5.74, 6) is 1.17. The van der Waals surface area contributed by atoms with E-state index in [4.69, 9.17) is 25.5 Å². The third-order valence-corrected chi connectivity index (χ3v) is 5.18. The minimum absolute atomic E-state index is 0.0358. The van der Waals surface area contributed by atoms with Crippen LogP contribution in [0.2, 0.25) is 5.02 Å². The maximum atomic E-state index is 12.3. The molecular formula is C19H13ClO4. The molecule has 5 rings (SSSR count). The van der Waals surface area contributed by atoms with Crippen LogP contribution >= 0.6 is 11.6 Å². The van der Waals surface area contributed by atoms with Crippen molar-refractivity contribution in [2.24, 2.45) is 0 Å². The first-order valence-electron chi connectivity index (χ1n) is 7.84. The standard InChI is InChI=1S/C19H13ClO4/c20-14-6-3-5-10-12-8-23-18-16(13(12)9-22-17(10)14)11-4-1-2-7-15(11)24-19(18)21/h1-7,12-13H,8-9H2/t12-,13+/m0/s1. The van der Waals surface area contributed by atoms with E-state index in [1.165, 1.54) is 0 Å². The Balaban J connectivity index is 1.77. The molecule has 0 aliphatic carbocycles. The predicted octanol–water partition coefficient (Wildman–Crippen LogP) is 4.10. The van der Waals surface area contributed by atoms with Gasteiger partial charge in [-0.05, 0) is 12.1 Å². The SMILES string of the molecule is O=c1oc2ccccc2c2c1OC[C@H]1c3cccc(Cl)c3OC[C@@H]21. The Kier molecular flexibility index (Phi) is 2.91. The van der Waals surface area contributed by atoms with Crippen molar-refractivity contribution in [1.82, 2.24) is 0 Å². The predicted molar refractivity (Wildman–Crippen MR) is 90.4 cm³/mol. The highest BCUT2D eigenvalue weighted by Gasteiger charge is 2.40. The summed E-state index contributed by atoms with van der Waals surface area (Å²) in [6.45, 7) is 0.878. The normalized spacial score (nSPS) is 21.2. The van der Waals surface area contributed by atoms with E-state index in [0.29, 0.717) is 29.6 Å². The van der Waals surface area contributed by atoms with Gasteiger partial charge in [-0.15, -0.1) is 0 Å². The number of rotatable bonds is 0. The molecule has 0 unspecified atom stereocenters. The molecule has 0 saturated heterocycles. The smallest absolute Gasteiger partial charge is 0.379 e. The van der Waals surface area contributed by atoms with Crippen LogP contribution in [0.1, 0.15) is 23.0 Å². The molecule has 0 amide bonds. The van der Waals surface area contributed by atoms with E-state index in [2.05, 4.69) is 0 Å². The van der Waals surface area contributed by atoms with Crippen LogP contribution in [0.3, 0.4) is 0 Å². The Labute approximate surface area is 142 Å². The van der Waals surface area contributed by atoms with E-state index in [-0.39, 0.29) is 11.8 Å². The van der Waals surface area contributed by atoms with Gasteiger partial charge in [0.2, 0.25) is 5.75 Å². The summed E-state index contributed by atoms with van der Waals surface area (Å²) in [6, 6.07) is 13.3. The third-order valence-electron chi connectivity index (χ3n) is 4.88. The molecule has 0 spiro atoms. The van der Waals surface area contributed by atoms with E-state index < -0.39 is 5.63 Å². The van der Waals surface area contributed by atoms with Crippen LogP contribution < -0.4 is 15.1 Å². The lowest BCUT2D eigenvalue weighted by Gasteiger charge is -2.38. The van der Waals surface area contributed by atoms with Crippen molar-refractivity contribution in [2.75, 3.05) is 13.2 Å². The molecule has 0 bridgehead atoms. The fourth-order valence-corrected chi connectivity index (χ4v) is 4.04. The number of hydrogen-bond donors (Lipinski definition) is 0. The number of benzene rings is 2. The van der Waals surface area contributed by atoms with Crippen molar-refractivity contribution >= 4 is 22.6 Å². The van der Waals surface area contributed by atoms with E-state index in [1.807, 2.05) is 36.4 Å². The molecule has 2 aromatic carbocycles. The molecule has 5 heteroatoms. The zero-order chi connectivity index (χ0) is 16.3. The first-order valence-corrected chi connectivity index (χ1v) is 8.21. The van der Waals surface area contributed by atoms with Gasteiger partial charge < -0.3 is 13.9 Å². The van der Waals surface area contributed by atoms with Gasteiger partial charge in [0.15, 0.2) is 0 Å². The number of hydrogen-bond acceptors (Lipinski definition) is 4. The van der Waals surface area contributed by atoms with Crippen molar-refractivity contribution in [1.29, 1.82) is 0 Å². The van der Waals surface area contributed by atoms with Gasteiger partial charge in [-0.3, -0.25) is 0 Å². The Hall–Kier alpha value is -2.46. The van der Waals surface area contributed by atoms with Crippen LogP contribution in [0, 0.1) is 0 Å². The van der Waals surface area contributed by atoms with Crippen molar-refractivity contribution in [2.45, 2.75) is 11.8 Å². The number of ether oxygens (including phenoxy) is 2. The van der Waals surface area contributed by atoms with Crippen LogP contribution in [0.15, 0.2) is 51.7 Å². The number of halogens is 1. The summed E-state index contributed by atoms with van der Waals surface area (Å²) in [7, 11) is 0. The van der Waals surface area contributed by atoms with Gasteiger partial charge in [0.05, 0.1) is 18.2 Å². The maximum Gasteiger partial charge on any atom is 0.379 e. The first kappa shape index (κ1) is 13.9. The number of para-hydroxylation sites is 2. The summed E-state index contributed by atoms with van der Waals surface area (Å²) in [6.07, 6.45) is 0. The van der Waals surface area contributed by atoms with Gasteiger partial charge in [-0.1, -0.05) is 41.9 Å². The molecule has 2 aliphatic rings. The molecule has 0 fully saturated rings. The topological polar surface area (TPSA) is 48.7 Å². The Morgan fingerprint density at radius 3 is 2.62 bits per heavy atom. The van der Waals surface area contributed by atoms with Gasteiger partial charge in [-0.2, -0.15) is 0 Å². The monoisotopic (exact) mass is 340 g/mol. The summed E-state index contributed by atoms with van der Waals surface area (Å²) < 4.78 is 17.2. The van der Waals surface area contributed by atoms with E-state index >= 15 is 0 Å². The molecule has 120 valence electrons. The molecule has 2 aliphatic heterocycles. The zero-order valence-electron chi connectivity index (χ0n) is 12.6. The quantitative estimate of drug-likeness (QED) is 0.578. The van der Waals surface area contributed by atoms with Gasteiger partial charge in [0, 0.05) is 28.3 Å². The lowest BCUT2D eigenvalue weighted by Crippen LogP contribution is -2.34. The van der Waals surface area contributed by atoms with E-state index in [9.17, 15) is 4.79 Å². The van der Waals surface area contributed by atoms with Crippen molar-refractivity contribution in [3.8, 4) is 11.5 Å². The second-order valence-corrected chi connectivity index (χ2v) is 6.53. The minimum Gasteiger partial charge on any atom is -0.491 e. The van der Waals surface area contributed by atoms with Crippen LogP contribution in [-0.2, 0) is 0 Å². The molecule has 4 nitrogen and oxygen atoms in total. The molecule has 2 atom stereocenters. The fraction of sp³-hybridized carbons (Fsp3) is 0.211. The molecule has 0 radical (unpaired) electrons. The summed E-state index contributed by atoms with van der Waals surface area (Å²) in [5, 5.41) is 1.50. The van der Waals surface area contributed by atoms with Gasteiger partial charge in [0.1, 0.15) is 11.3 Å². The highest BCUT2D eigenvalue weighted by Crippen LogP contribution is 2.50. The molecule has 1 aromatic heterocycles. The maximum absolute atomic E-state index is 12.3. The zero-order valence-corrected chi connectivity index (χ0v) is 13.4. The van der Waals surface area contributed by atoms with E-state index in [1.54, 1.807) is 6.07 Å². The van der Waals surface area contributed by atoms with Crippen LogP contribution in [0.5, 0.6) is 11.5 Å². The third kappa shape index (κ3) is 1.83. The lowest BCUT2D eigenvalue weighted by atomic mass is 9.77. The second kappa shape index (κ2) is 5.02. The number of fused-ring (bicyclic) bond motifs is 7. The summed E-state index contributed by atoms with van der Waals surface area (Å²) in [4.78, 5) is 12.3. The Morgan fingerprint density at radius 1 is 0.917 bits per heavy atom. The first-order chi connectivity index (χ1) is 11.7. The van der Waals surface area contributed by atoms with Crippen molar-refractivity contribution < 1.29 is 13.9 Å². The highest BCUT2D eigenvalue weighted by atomic mass is 35.5. The lowest BCUT2D eigenvalue weighted by molar-refractivity contribution is 0.165. The average Bonchev–Trinajstić information content (AvgIpc) is 2.61. The fourth-order valence-electron chi connectivity index (χ4n) is 3.80. The molecular weight excluding hydrogens is 328 g/mol. The van der Waals surface area contributed by atoms with Gasteiger partial charge in [-0.25, -0.2) is 4.79 Å². The van der Waals surface area contributed by atoms with Crippen LogP contribution in [0.4, 0.5) is 0 Å². The van der Waals surface area contributed by atoms with Gasteiger partial charge in [0.25, 0.3) is 0 Å². The minimum atomic E-state index is -0.431. The largest absolute Gasteiger partial charge is 0.491 e. The molecule has 0 N–H and O–H groups in total. The Bertz CT molecular complexity index is 1020. The second-order valence-electron chi connectivity index (χ2n) is 6.12. The average molecular weight is 341 g/mol. The summed E-state index contributed by atoms with van der Waals surface area (Å²) in [5.41, 5.74) is 2.05. The Morgan fingerprint density at radius 2 is 1.71 bits per heavy atom. The van der Waals surface area contributed by atoms with Crippen molar-refractivity contribution in [3.05, 3.63) is 69.0 Å². The molecule has 3 heterocycles. The van der Waals surface area contributed by atoms with Crippen LogP contribution in [0.25, 0.3) is 11.0 Å². The van der Waals surface area contributed by atoms with E-state index in [0.717, 1.165) is 22.3 Å². The van der Waals surface area contributed by atoms with Crippen molar-refractivity contribution in [3.63, 3.8) is 0 Å². The molecule has 24 heavy (non-hydrogen) atoms. The van der Waals surface area contributed by atoms with Crippen LogP contribution in [-0.4, -0.2) is 13.2 Å². The summed E-state index contributed by atoms with van der Waals surface area (Å²) >= 11 is 6.26. The molecule has 3 aromatic rings. The van der Waals surface area contributed by atoms with Gasteiger partial charge >= 0.3 is 5.63 Å². The highest BCUT2D eigenvalue weighted by molar-refractivity contribution is 6.32.